The van der Waals surface area contributed by atoms with E-state index in [1.807, 2.05) is 28.8 Å². The number of benzene rings is 2. The Labute approximate surface area is 140 Å². The van der Waals surface area contributed by atoms with Crippen molar-refractivity contribution in [1.82, 2.24) is 14.5 Å². The van der Waals surface area contributed by atoms with Gasteiger partial charge in [-0.1, -0.05) is 48.5 Å². The fourth-order valence-electron chi connectivity index (χ4n) is 2.54. The van der Waals surface area contributed by atoms with Gasteiger partial charge < -0.3 is 5.32 Å². The van der Waals surface area contributed by atoms with Crippen molar-refractivity contribution in [2.75, 3.05) is 5.32 Å². The van der Waals surface area contributed by atoms with E-state index in [-0.39, 0.29) is 0 Å². The van der Waals surface area contributed by atoms with Gasteiger partial charge in [-0.05, 0) is 42.8 Å². The highest BCUT2D eigenvalue weighted by molar-refractivity contribution is 7.71. The van der Waals surface area contributed by atoms with E-state index >= 15 is 0 Å². The Morgan fingerprint density at radius 1 is 1.00 bits per heavy atom. The first-order chi connectivity index (χ1) is 11.1. The van der Waals surface area contributed by atoms with Crippen LogP contribution in [0, 0.1) is 18.6 Å². The van der Waals surface area contributed by atoms with E-state index in [0.717, 1.165) is 16.8 Å². The average molecular weight is 322 g/mol. The second-order valence-electron chi connectivity index (χ2n) is 5.41. The van der Waals surface area contributed by atoms with Crippen molar-refractivity contribution in [3.63, 3.8) is 0 Å². The third kappa shape index (κ3) is 3.46. The molecule has 3 aromatic rings. The smallest absolute Gasteiger partial charge is 0.227 e. The molecular formula is C18H18N4S. The zero-order valence-corrected chi connectivity index (χ0v) is 14.0. The molecule has 0 aliphatic carbocycles. The van der Waals surface area contributed by atoms with Crippen molar-refractivity contribution >= 4 is 18.2 Å². The van der Waals surface area contributed by atoms with Crippen LogP contribution in [0.15, 0.2) is 54.9 Å². The molecule has 0 bridgehead atoms. The van der Waals surface area contributed by atoms with Crippen molar-refractivity contribution in [2.24, 2.45) is 0 Å². The molecule has 0 spiro atoms. The number of hydrogen-bond acceptors (Lipinski definition) is 4. The first-order valence-corrected chi connectivity index (χ1v) is 7.86. The third-order valence-corrected chi connectivity index (χ3v) is 3.96. The van der Waals surface area contributed by atoms with E-state index in [2.05, 4.69) is 53.4 Å². The molecule has 1 N–H and O–H groups in total. The van der Waals surface area contributed by atoms with Crippen molar-refractivity contribution in [3.05, 3.63) is 76.3 Å². The van der Waals surface area contributed by atoms with Gasteiger partial charge in [0.05, 0.1) is 5.69 Å². The van der Waals surface area contributed by atoms with E-state index in [1.54, 1.807) is 6.33 Å². The fraction of sp³-hybridized carbons (Fsp3) is 0.167. The predicted molar refractivity (Wildman–Crippen MR) is 95.4 cm³/mol. The maximum absolute atomic E-state index is 5.44. The normalized spacial score (nSPS) is 10.5. The minimum Gasteiger partial charge on any atom is -0.350 e. The summed E-state index contributed by atoms with van der Waals surface area (Å²) in [5.41, 5.74) is 4.52. The molecule has 116 valence electrons. The van der Waals surface area contributed by atoms with Crippen molar-refractivity contribution < 1.29 is 0 Å². The highest BCUT2D eigenvalue weighted by atomic mass is 32.1. The minimum atomic E-state index is 0.493. The molecule has 0 amide bonds. The molecular weight excluding hydrogens is 304 g/mol. The summed E-state index contributed by atoms with van der Waals surface area (Å²) in [5, 5.41) is 3.21. The van der Waals surface area contributed by atoms with Gasteiger partial charge in [-0.25, -0.2) is 4.98 Å². The summed E-state index contributed by atoms with van der Waals surface area (Å²) in [6.07, 6.45) is 1.73. The lowest BCUT2D eigenvalue weighted by molar-refractivity contribution is 0.874. The van der Waals surface area contributed by atoms with E-state index in [0.29, 0.717) is 17.3 Å². The Morgan fingerprint density at radius 3 is 2.35 bits per heavy atom. The van der Waals surface area contributed by atoms with Gasteiger partial charge >= 0.3 is 0 Å². The number of nitrogens with zero attached hydrogens (tertiary/aromatic N) is 3. The van der Waals surface area contributed by atoms with Gasteiger partial charge in [0, 0.05) is 6.54 Å². The van der Waals surface area contributed by atoms with Crippen LogP contribution in [-0.2, 0) is 6.54 Å². The Kier molecular flexibility index (Phi) is 4.48. The molecule has 0 saturated heterocycles. The summed E-state index contributed by atoms with van der Waals surface area (Å²) >= 11 is 5.44. The molecule has 1 heterocycles. The van der Waals surface area contributed by atoms with Gasteiger partial charge in [0.1, 0.15) is 6.33 Å². The number of anilines is 1. The summed E-state index contributed by atoms with van der Waals surface area (Å²) < 4.78 is 2.35. The van der Waals surface area contributed by atoms with Crippen LogP contribution in [-0.4, -0.2) is 14.5 Å². The molecule has 0 radical (unpaired) electrons. The van der Waals surface area contributed by atoms with Crippen LogP contribution >= 0.6 is 12.2 Å². The van der Waals surface area contributed by atoms with Crippen molar-refractivity contribution in [2.45, 2.75) is 20.4 Å². The molecule has 1 aromatic heterocycles. The van der Waals surface area contributed by atoms with Gasteiger partial charge in [-0.2, -0.15) is 4.98 Å². The summed E-state index contributed by atoms with van der Waals surface area (Å²) in [5.74, 6) is 0.543. The van der Waals surface area contributed by atoms with E-state index in [9.17, 15) is 0 Å². The van der Waals surface area contributed by atoms with Crippen LogP contribution in [0.2, 0.25) is 0 Å². The topological polar surface area (TPSA) is 42.7 Å². The molecule has 0 saturated carbocycles. The lowest BCUT2D eigenvalue weighted by Crippen LogP contribution is -2.09. The first kappa shape index (κ1) is 15.4. The van der Waals surface area contributed by atoms with E-state index < -0.39 is 0 Å². The summed E-state index contributed by atoms with van der Waals surface area (Å²) in [6, 6.07) is 16.3. The van der Waals surface area contributed by atoms with Gasteiger partial charge in [0.2, 0.25) is 10.7 Å². The van der Waals surface area contributed by atoms with Gasteiger partial charge in [0.25, 0.3) is 0 Å². The molecule has 3 rings (SSSR count). The maximum Gasteiger partial charge on any atom is 0.227 e. The molecule has 0 aliphatic rings. The third-order valence-electron chi connectivity index (χ3n) is 3.68. The lowest BCUT2D eigenvalue weighted by Gasteiger charge is -2.13. The van der Waals surface area contributed by atoms with Crippen LogP contribution in [0.4, 0.5) is 5.95 Å². The Balaban J connectivity index is 1.85. The summed E-state index contributed by atoms with van der Waals surface area (Å²) in [7, 11) is 0. The number of aromatic nitrogens is 3. The number of hydrogen-bond donors (Lipinski definition) is 1. The van der Waals surface area contributed by atoms with E-state index in [4.69, 9.17) is 12.2 Å². The van der Waals surface area contributed by atoms with Crippen molar-refractivity contribution in [1.29, 1.82) is 0 Å². The summed E-state index contributed by atoms with van der Waals surface area (Å²) in [4.78, 5) is 8.79. The standard InChI is InChI=1S/C18H18N4S/c1-13-7-6-8-14(2)16(13)22-12-20-17(21-18(22)23)19-11-15-9-4-3-5-10-15/h3-10,12H,11H2,1-2H3,(H,19,21,23). The maximum atomic E-state index is 5.44. The minimum absolute atomic E-state index is 0.493. The lowest BCUT2D eigenvalue weighted by atomic mass is 10.1. The Morgan fingerprint density at radius 2 is 1.70 bits per heavy atom. The van der Waals surface area contributed by atoms with Crippen LogP contribution in [0.5, 0.6) is 0 Å². The largest absolute Gasteiger partial charge is 0.350 e. The molecule has 0 unspecified atom stereocenters. The molecule has 0 atom stereocenters. The van der Waals surface area contributed by atoms with Crippen molar-refractivity contribution in [3.8, 4) is 5.69 Å². The highest BCUT2D eigenvalue weighted by Gasteiger charge is 2.07. The van der Waals surface area contributed by atoms with Crippen LogP contribution in [0.25, 0.3) is 5.69 Å². The second-order valence-corrected chi connectivity index (χ2v) is 5.78. The molecule has 4 nitrogen and oxygen atoms in total. The molecule has 23 heavy (non-hydrogen) atoms. The van der Waals surface area contributed by atoms with Crippen LogP contribution in [0.3, 0.4) is 0 Å². The average Bonchev–Trinajstić information content (AvgIpc) is 2.55. The zero-order chi connectivity index (χ0) is 16.2. The van der Waals surface area contributed by atoms with Gasteiger partial charge in [-0.15, -0.1) is 0 Å². The first-order valence-electron chi connectivity index (χ1n) is 7.45. The predicted octanol–water partition coefficient (Wildman–Crippen LogP) is 4.23. The quantitative estimate of drug-likeness (QED) is 0.730. The number of para-hydroxylation sites is 1. The van der Waals surface area contributed by atoms with Crippen LogP contribution < -0.4 is 5.32 Å². The van der Waals surface area contributed by atoms with E-state index in [1.165, 1.54) is 5.56 Å². The zero-order valence-electron chi connectivity index (χ0n) is 13.2. The van der Waals surface area contributed by atoms with Gasteiger partial charge in [0.15, 0.2) is 0 Å². The second kappa shape index (κ2) is 6.71. The number of aryl methyl sites for hydroxylation is 2. The monoisotopic (exact) mass is 322 g/mol. The fourth-order valence-corrected chi connectivity index (χ4v) is 2.76. The van der Waals surface area contributed by atoms with Crippen LogP contribution in [0.1, 0.15) is 16.7 Å². The molecule has 5 heteroatoms. The Hall–Kier alpha value is -2.53. The van der Waals surface area contributed by atoms with Gasteiger partial charge in [-0.3, -0.25) is 4.57 Å². The molecule has 2 aromatic carbocycles. The molecule has 0 aliphatic heterocycles. The SMILES string of the molecule is Cc1cccc(C)c1-n1cnc(NCc2ccccc2)nc1=S. The Bertz CT molecular complexity index is 851. The molecule has 0 fully saturated rings. The highest BCUT2D eigenvalue weighted by Crippen LogP contribution is 2.18. The number of nitrogens with one attached hydrogen (secondary N) is 1. The number of rotatable bonds is 4. The summed E-state index contributed by atoms with van der Waals surface area (Å²) in [6.45, 7) is 4.79.